The molecule has 10 heteroatoms. The second-order valence-corrected chi connectivity index (χ2v) is 10.7. The van der Waals surface area contributed by atoms with Crippen molar-refractivity contribution in [3.8, 4) is 0 Å². The van der Waals surface area contributed by atoms with Gasteiger partial charge in [-0.05, 0) is 42.3 Å². The van der Waals surface area contributed by atoms with Crippen LogP contribution in [0.5, 0.6) is 0 Å². The molecule has 2 unspecified atom stereocenters. The van der Waals surface area contributed by atoms with Crippen LogP contribution in [0, 0.1) is 0 Å². The van der Waals surface area contributed by atoms with E-state index >= 15 is 0 Å². The molecular weight excluding hydrogens is 492 g/mol. The lowest BCUT2D eigenvalue weighted by atomic mass is 10.1. The van der Waals surface area contributed by atoms with Crippen molar-refractivity contribution in [2.24, 2.45) is 0 Å². The Balaban J connectivity index is 1.40. The van der Waals surface area contributed by atoms with Gasteiger partial charge in [-0.3, -0.25) is 9.59 Å². The van der Waals surface area contributed by atoms with Gasteiger partial charge in [0, 0.05) is 16.8 Å². The fourth-order valence-corrected chi connectivity index (χ4v) is 6.09. The van der Waals surface area contributed by atoms with E-state index in [1.165, 1.54) is 32.1 Å². The summed E-state index contributed by atoms with van der Waals surface area (Å²) in [7, 11) is 2.06. The number of thioether (sulfide) groups is 1. The number of anilines is 2. The number of ether oxygens (including phenoxy) is 1. The zero-order chi connectivity index (χ0) is 24.2. The van der Waals surface area contributed by atoms with E-state index in [4.69, 9.17) is 9.84 Å². The molecule has 0 aromatic heterocycles. The van der Waals surface area contributed by atoms with Gasteiger partial charge >= 0.3 is 5.97 Å². The molecule has 0 aliphatic carbocycles. The predicted octanol–water partition coefficient (Wildman–Crippen LogP) is 3.19. The van der Waals surface area contributed by atoms with Crippen LogP contribution in [0.4, 0.5) is 11.4 Å². The highest BCUT2D eigenvalue weighted by Crippen LogP contribution is 2.47. The number of hydrogen-bond acceptors (Lipinski definition) is 9. The highest BCUT2D eigenvalue weighted by molar-refractivity contribution is 8.14. The van der Waals surface area contributed by atoms with Gasteiger partial charge in [0.2, 0.25) is 0 Å². The van der Waals surface area contributed by atoms with E-state index in [-0.39, 0.29) is 19.1 Å². The molecule has 1 fully saturated rings. The van der Waals surface area contributed by atoms with Crippen molar-refractivity contribution >= 4 is 59.4 Å². The zero-order valence-electron chi connectivity index (χ0n) is 18.4. The number of aliphatic hydroxyl groups excluding tert-OH is 2. The maximum atomic E-state index is 12.7. The molecule has 1 saturated heterocycles. The molecule has 2 atom stereocenters. The smallest absolute Gasteiger partial charge is 0.325 e. The third-order valence-corrected chi connectivity index (χ3v) is 8.00. The summed E-state index contributed by atoms with van der Waals surface area (Å²) in [6, 6.07) is 14.6. The summed E-state index contributed by atoms with van der Waals surface area (Å²) in [5.41, 5.74) is 6.50. The van der Waals surface area contributed by atoms with Crippen LogP contribution >= 0.6 is 36.2 Å². The lowest BCUT2D eigenvalue weighted by Gasteiger charge is -2.29. The highest BCUT2D eigenvalue weighted by atomic mass is 32.2. The molecule has 0 radical (unpaired) electrons. The van der Waals surface area contributed by atoms with Crippen LogP contribution < -0.4 is 4.90 Å². The zero-order valence-corrected chi connectivity index (χ0v) is 20.9. The van der Waals surface area contributed by atoms with Crippen molar-refractivity contribution < 1.29 is 24.5 Å². The number of para-hydroxylation sites is 1. The standard InChI is InChI=1S/C24H24N2O5S3/c1-25-17-6-2-3-7-19(17)33-21-11-15(9-10-18(21)25)5-4-8-20-23(30)26(24(32)34-20)12-22(29)31-14-16(28)13-27/h2-4,6-7,9-11,16,24,27-28,32H,5,12-14H2,1H3. The SMILES string of the molecule is CN1c2ccccc2Sc2cc(CC=C=C3SC(S)N(CC(=O)OCC(O)CO)C3=O)ccc21. The van der Waals surface area contributed by atoms with Crippen LogP contribution in [0.1, 0.15) is 5.56 Å². The lowest BCUT2D eigenvalue weighted by Crippen LogP contribution is -2.36. The summed E-state index contributed by atoms with van der Waals surface area (Å²) in [5.74, 6) is -1.02. The fraction of sp³-hybridized carbons (Fsp3) is 0.292. The minimum atomic E-state index is -1.14. The lowest BCUT2D eigenvalue weighted by molar-refractivity contribution is -0.150. The minimum Gasteiger partial charge on any atom is -0.462 e. The topological polar surface area (TPSA) is 90.3 Å². The van der Waals surface area contributed by atoms with Gasteiger partial charge in [-0.15, -0.1) is 18.4 Å². The Morgan fingerprint density at radius 3 is 2.82 bits per heavy atom. The molecule has 2 aliphatic rings. The molecule has 178 valence electrons. The van der Waals surface area contributed by atoms with E-state index in [1.807, 2.05) is 18.2 Å². The van der Waals surface area contributed by atoms with Crippen molar-refractivity contribution in [3.63, 3.8) is 0 Å². The number of rotatable bonds is 7. The molecule has 2 aromatic carbocycles. The van der Waals surface area contributed by atoms with Gasteiger partial charge in [0.1, 0.15) is 28.9 Å². The summed E-state index contributed by atoms with van der Waals surface area (Å²) in [6.07, 6.45) is 1.27. The Hall–Kier alpha value is -2.33. The van der Waals surface area contributed by atoms with Crippen molar-refractivity contribution in [2.75, 3.05) is 31.7 Å². The quantitative estimate of drug-likeness (QED) is 0.224. The Bertz CT molecular complexity index is 1170. The molecule has 2 aliphatic heterocycles. The number of esters is 1. The molecule has 0 bridgehead atoms. The Morgan fingerprint density at radius 1 is 1.26 bits per heavy atom. The third-order valence-electron chi connectivity index (χ3n) is 5.29. The summed E-state index contributed by atoms with van der Waals surface area (Å²) < 4.78 is 4.34. The molecule has 1 amide bonds. The number of carbonyl (C=O) groups excluding carboxylic acids is 2. The molecule has 0 saturated carbocycles. The Kier molecular flexibility index (Phi) is 7.98. The molecule has 2 heterocycles. The number of amides is 1. The molecule has 34 heavy (non-hydrogen) atoms. The van der Waals surface area contributed by atoms with Crippen LogP contribution in [-0.4, -0.2) is 64.6 Å². The molecular formula is C24H24N2O5S3. The van der Waals surface area contributed by atoms with Gasteiger partial charge in [0.25, 0.3) is 5.91 Å². The summed E-state index contributed by atoms with van der Waals surface area (Å²) in [6.45, 7) is -1.13. The monoisotopic (exact) mass is 516 g/mol. The summed E-state index contributed by atoms with van der Waals surface area (Å²) in [5, 5.41) is 18.1. The van der Waals surface area contributed by atoms with E-state index in [0.29, 0.717) is 11.3 Å². The van der Waals surface area contributed by atoms with E-state index < -0.39 is 23.4 Å². The van der Waals surface area contributed by atoms with Gasteiger partial charge in [0.15, 0.2) is 0 Å². The Morgan fingerprint density at radius 2 is 2.03 bits per heavy atom. The first-order valence-corrected chi connectivity index (χ1v) is 12.8. The number of aliphatic hydroxyl groups is 2. The number of benzene rings is 2. The summed E-state index contributed by atoms with van der Waals surface area (Å²) in [4.78, 5) is 30.8. The van der Waals surface area contributed by atoms with E-state index in [9.17, 15) is 14.7 Å². The average molecular weight is 517 g/mol. The van der Waals surface area contributed by atoms with Crippen molar-refractivity contribution in [1.29, 1.82) is 0 Å². The van der Waals surface area contributed by atoms with Gasteiger partial charge in [-0.2, -0.15) is 0 Å². The summed E-state index contributed by atoms with van der Waals surface area (Å²) >= 11 is 7.33. The predicted molar refractivity (Wildman–Crippen MR) is 136 cm³/mol. The normalized spacial score (nSPS) is 17.7. The molecule has 0 spiro atoms. The molecule has 7 nitrogen and oxygen atoms in total. The highest BCUT2D eigenvalue weighted by Gasteiger charge is 2.35. The average Bonchev–Trinajstić information content (AvgIpc) is 3.10. The van der Waals surface area contributed by atoms with Crippen molar-refractivity contribution in [2.45, 2.75) is 27.0 Å². The number of fused-ring (bicyclic) bond motifs is 2. The van der Waals surface area contributed by atoms with E-state index in [0.717, 1.165) is 11.3 Å². The molecule has 2 N–H and O–H groups in total. The van der Waals surface area contributed by atoms with Gasteiger partial charge < -0.3 is 24.7 Å². The van der Waals surface area contributed by atoms with Crippen LogP contribution in [0.2, 0.25) is 0 Å². The van der Waals surface area contributed by atoms with Gasteiger partial charge in [0.05, 0.1) is 18.0 Å². The number of nitrogens with zero attached hydrogens (tertiary/aromatic N) is 2. The number of carbonyl (C=O) groups is 2. The van der Waals surface area contributed by atoms with Crippen molar-refractivity contribution in [3.05, 3.63) is 64.7 Å². The first-order chi connectivity index (χ1) is 16.4. The second-order valence-electron chi connectivity index (χ2n) is 7.71. The van der Waals surface area contributed by atoms with E-state index in [1.54, 1.807) is 11.8 Å². The Labute approximate surface area is 211 Å². The van der Waals surface area contributed by atoms with Crippen LogP contribution in [0.15, 0.2) is 69.0 Å². The molecule has 2 aromatic rings. The van der Waals surface area contributed by atoms with Crippen LogP contribution in [0.3, 0.4) is 0 Å². The van der Waals surface area contributed by atoms with Gasteiger partial charge in [-0.25, -0.2) is 0 Å². The maximum absolute atomic E-state index is 12.7. The first kappa shape index (κ1) is 24.8. The first-order valence-electron chi connectivity index (χ1n) is 10.6. The third kappa shape index (κ3) is 5.49. The number of hydrogen-bond donors (Lipinski definition) is 3. The van der Waals surface area contributed by atoms with E-state index in [2.05, 4.69) is 60.6 Å². The van der Waals surface area contributed by atoms with Crippen LogP contribution in [0.25, 0.3) is 0 Å². The minimum absolute atomic E-state index is 0.291. The molecule has 4 rings (SSSR count). The maximum Gasteiger partial charge on any atom is 0.325 e. The van der Waals surface area contributed by atoms with Crippen LogP contribution in [-0.2, 0) is 20.7 Å². The second kappa shape index (κ2) is 10.9. The van der Waals surface area contributed by atoms with Crippen molar-refractivity contribution in [1.82, 2.24) is 4.90 Å². The van der Waals surface area contributed by atoms with Gasteiger partial charge in [-0.1, -0.05) is 41.7 Å². The fourth-order valence-electron chi connectivity index (χ4n) is 3.50. The number of thiol groups is 1. The largest absolute Gasteiger partial charge is 0.462 e.